The van der Waals surface area contributed by atoms with Crippen LogP contribution in [0.15, 0.2) is 24.3 Å². The van der Waals surface area contributed by atoms with E-state index in [0.29, 0.717) is 30.3 Å². The molecule has 1 aromatic carbocycles. The Morgan fingerprint density at radius 2 is 1.93 bits per heavy atom. The molecule has 0 unspecified atom stereocenters. The molecule has 3 rings (SSSR count). The number of hydrogen-bond acceptors (Lipinski definition) is 6. The Labute approximate surface area is 161 Å². The quantitative estimate of drug-likeness (QED) is 0.820. The predicted octanol–water partition coefficient (Wildman–Crippen LogP) is 2.71. The first-order valence-electron chi connectivity index (χ1n) is 8.92. The Balaban J connectivity index is 1.56. The standard InChI is InChI=1S/C18H23N5O3S/c1-3-19-18(25)23-10-8-12(9-11-23)16-21-22-17(27-16)15(24)20-13-4-6-14(26-2)7-5-13/h4-7,12H,3,8-11H2,1-2H3,(H,19,25)(H,20,24). The number of amides is 3. The molecular weight excluding hydrogens is 366 g/mol. The fourth-order valence-corrected chi connectivity index (χ4v) is 3.85. The van der Waals surface area contributed by atoms with E-state index in [2.05, 4.69) is 20.8 Å². The van der Waals surface area contributed by atoms with Gasteiger partial charge in [0.2, 0.25) is 5.01 Å². The molecule has 3 amide bonds. The summed E-state index contributed by atoms with van der Waals surface area (Å²) >= 11 is 1.32. The Bertz CT molecular complexity index is 785. The summed E-state index contributed by atoms with van der Waals surface area (Å²) in [6.45, 7) is 3.90. The van der Waals surface area contributed by atoms with Crippen LogP contribution in [0.3, 0.4) is 0 Å². The molecule has 1 saturated heterocycles. The Hall–Kier alpha value is -2.68. The molecule has 0 atom stereocenters. The zero-order chi connectivity index (χ0) is 19.2. The van der Waals surface area contributed by atoms with Gasteiger partial charge >= 0.3 is 6.03 Å². The number of urea groups is 1. The molecule has 0 radical (unpaired) electrons. The number of anilines is 1. The Kier molecular flexibility index (Phi) is 6.23. The first-order chi connectivity index (χ1) is 13.1. The third-order valence-corrected chi connectivity index (χ3v) is 5.53. The summed E-state index contributed by atoms with van der Waals surface area (Å²) in [5, 5.41) is 15.1. The van der Waals surface area contributed by atoms with Gasteiger partial charge in [0.25, 0.3) is 5.91 Å². The highest BCUT2D eigenvalue weighted by atomic mass is 32.1. The number of piperidine rings is 1. The summed E-state index contributed by atoms with van der Waals surface area (Å²) in [4.78, 5) is 26.1. The van der Waals surface area contributed by atoms with Crippen molar-refractivity contribution in [3.63, 3.8) is 0 Å². The van der Waals surface area contributed by atoms with E-state index in [1.807, 2.05) is 11.8 Å². The fourth-order valence-electron chi connectivity index (χ4n) is 2.94. The van der Waals surface area contributed by atoms with Crippen LogP contribution in [0.4, 0.5) is 10.5 Å². The number of aromatic nitrogens is 2. The minimum absolute atomic E-state index is 0.0206. The van der Waals surface area contributed by atoms with E-state index in [4.69, 9.17) is 4.74 Å². The summed E-state index contributed by atoms with van der Waals surface area (Å²) in [5.41, 5.74) is 0.674. The van der Waals surface area contributed by atoms with Crippen molar-refractivity contribution in [2.75, 3.05) is 32.1 Å². The lowest BCUT2D eigenvalue weighted by Gasteiger charge is -2.30. The maximum atomic E-state index is 12.4. The maximum Gasteiger partial charge on any atom is 0.317 e. The van der Waals surface area contributed by atoms with Crippen molar-refractivity contribution >= 4 is 29.0 Å². The van der Waals surface area contributed by atoms with Gasteiger partial charge in [-0.25, -0.2) is 4.79 Å². The molecule has 8 nitrogen and oxygen atoms in total. The van der Waals surface area contributed by atoms with E-state index in [0.717, 1.165) is 23.6 Å². The van der Waals surface area contributed by atoms with Crippen LogP contribution in [-0.4, -0.2) is 53.8 Å². The van der Waals surface area contributed by atoms with Gasteiger partial charge < -0.3 is 20.3 Å². The molecule has 27 heavy (non-hydrogen) atoms. The smallest absolute Gasteiger partial charge is 0.317 e. The van der Waals surface area contributed by atoms with Crippen LogP contribution in [0.25, 0.3) is 0 Å². The number of nitrogens with one attached hydrogen (secondary N) is 2. The monoisotopic (exact) mass is 389 g/mol. The molecule has 1 fully saturated rings. The molecule has 0 saturated carbocycles. The number of ether oxygens (including phenoxy) is 1. The van der Waals surface area contributed by atoms with E-state index in [1.54, 1.807) is 31.4 Å². The second-order valence-corrected chi connectivity index (χ2v) is 7.23. The number of hydrogen-bond donors (Lipinski definition) is 2. The van der Waals surface area contributed by atoms with Crippen LogP contribution in [0.1, 0.15) is 40.5 Å². The highest BCUT2D eigenvalue weighted by Crippen LogP contribution is 2.30. The third-order valence-electron chi connectivity index (χ3n) is 4.44. The molecule has 2 aromatic rings. The second kappa shape index (κ2) is 8.81. The van der Waals surface area contributed by atoms with Gasteiger partial charge in [0.15, 0.2) is 0 Å². The SMILES string of the molecule is CCNC(=O)N1CCC(c2nnc(C(=O)Nc3ccc(OC)cc3)s2)CC1. The lowest BCUT2D eigenvalue weighted by molar-refractivity contribution is 0.102. The molecule has 1 aliphatic rings. The fraction of sp³-hybridized carbons (Fsp3) is 0.444. The van der Waals surface area contributed by atoms with Gasteiger partial charge in [-0.3, -0.25) is 4.79 Å². The van der Waals surface area contributed by atoms with E-state index in [-0.39, 0.29) is 17.9 Å². The highest BCUT2D eigenvalue weighted by Gasteiger charge is 2.26. The van der Waals surface area contributed by atoms with E-state index < -0.39 is 0 Å². The second-order valence-electron chi connectivity index (χ2n) is 6.22. The lowest BCUT2D eigenvalue weighted by atomic mass is 9.98. The summed E-state index contributed by atoms with van der Waals surface area (Å²) in [7, 11) is 1.59. The van der Waals surface area contributed by atoms with Gasteiger partial charge in [-0.1, -0.05) is 11.3 Å². The van der Waals surface area contributed by atoms with Crippen LogP contribution in [0.2, 0.25) is 0 Å². The average molecular weight is 389 g/mol. The molecule has 2 heterocycles. The summed E-state index contributed by atoms with van der Waals surface area (Å²) in [5.74, 6) is 0.685. The zero-order valence-electron chi connectivity index (χ0n) is 15.4. The molecular formula is C18H23N5O3S. The van der Waals surface area contributed by atoms with Gasteiger partial charge in [0.05, 0.1) is 7.11 Å². The molecule has 144 valence electrons. The van der Waals surface area contributed by atoms with Gasteiger partial charge in [-0.15, -0.1) is 10.2 Å². The van der Waals surface area contributed by atoms with Crippen molar-refractivity contribution in [3.05, 3.63) is 34.3 Å². The van der Waals surface area contributed by atoms with Crippen molar-refractivity contribution in [1.82, 2.24) is 20.4 Å². The van der Waals surface area contributed by atoms with Gasteiger partial charge in [0, 0.05) is 31.2 Å². The topological polar surface area (TPSA) is 96.5 Å². The number of nitrogens with zero attached hydrogens (tertiary/aromatic N) is 3. The van der Waals surface area contributed by atoms with Crippen LogP contribution in [0, 0.1) is 0 Å². The Morgan fingerprint density at radius 1 is 1.22 bits per heavy atom. The van der Waals surface area contributed by atoms with Crippen molar-refractivity contribution in [2.45, 2.75) is 25.7 Å². The minimum atomic E-state index is -0.274. The molecule has 0 bridgehead atoms. The van der Waals surface area contributed by atoms with Gasteiger partial charge in [-0.2, -0.15) is 0 Å². The van der Waals surface area contributed by atoms with E-state index in [1.165, 1.54) is 11.3 Å². The molecule has 1 aromatic heterocycles. The summed E-state index contributed by atoms with van der Waals surface area (Å²) in [6, 6.07) is 7.09. The molecule has 1 aliphatic heterocycles. The van der Waals surface area contributed by atoms with Crippen molar-refractivity contribution < 1.29 is 14.3 Å². The van der Waals surface area contributed by atoms with Crippen LogP contribution in [-0.2, 0) is 0 Å². The largest absolute Gasteiger partial charge is 0.497 e. The normalized spacial score (nSPS) is 14.7. The Morgan fingerprint density at radius 3 is 2.56 bits per heavy atom. The first-order valence-corrected chi connectivity index (χ1v) is 9.74. The zero-order valence-corrected chi connectivity index (χ0v) is 16.2. The minimum Gasteiger partial charge on any atom is -0.497 e. The summed E-state index contributed by atoms with van der Waals surface area (Å²) in [6.07, 6.45) is 1.65. The number of carbonyl (C=O) groups excluding carboxylic acids is 2. The van der Waals surface area contributed by atoms with Crippen LogP contribution >= 0.6 is 11.3 Å². The molecule has 0 spiro atoms. The molecule has 2 N–H and O–H groups in total. The first kappa shape index (κ1) is 19.1. The predicted molar refractivity (Wildman–Crippen MR) is 103 cm³/mol. The molecule has 9 heteroatoms. The van der Waals surface area contributed by atoms with Gasteiger partial charge in [0.1, 0.15) is 10.8 Å². The average Bonchev–Trinajstić information content (AvgIpc) is 3.19. The van der Waals surface area contributed by atoms with Crippen molar-refractivity contribution in [3.8, 4) is 5.75 Å². The van der Waals surface area contributed by atoms with Gasteiger partial charge in [-0.05, 0) is 44.0 Å². The number of carbonyl (C=O) groups is 2. The number of methoxy groups -OCH3 is 1. The van der Waals surface area contributed by atoms with Crippen molar-refractivity contribution in [2.24, 2.45) is 0 Å². The number of rotatable bonds is 5. The highest BCUT2D eigenvalue weighted by molar-refractivity contribution is 7.13. The van der Waals surface area contributed by atoms with E-state index >= 15 is 0 Å². The maximum absolute atomic E-state index is 12.4. The van der Waals surface area contributed by atoms with Crippen molar-refractivity contribution in [1.29, 1.82) is 0 Å². The molecule has 0 aliphatic carbocycles. The van der Waals surface area contributed by atoms with Crippen LogP contribution in [0.5, 0.6) is 5.75 Å². The van der Waals surface area contributed by atoms with Crippen LogP contribution < -0.4 is 15.4 Å². The summed E-state index contributed by atoms with van der Waals surface area (Å²) < 4.78 is 5.10. The number of benzene rings is 1. The lowest BCUT2D eigenvalue weighted by Crippen LogP contribution is -2.44. The van der Waals surface area contributed by atoms with E-state index in [9.17, 15) is 9.59 Å². The third kappa shape index (κ3) is 4.73. The number of likely N-dealkylation sites (tertiary alicyclic amines) is 1.